The number of anilines is 1. The molecule has 1 aromatic rings. The molecular weight excluding hydrogens is 201 g/mol. The predicted octanol–water partition coefficient (Wildman–Crippen LogP) is 0.520. The first-order valence-corrected chi connectivity index (χ1v) is 4.30. The van der Waals surface area contributed by atoms with Gasteiger partial charge in [-0.2, -0.15) is 0 Å². The largest absolute Gasteiger partial charge is 0.755 e. The van der Waals surface area contributed by atoms with Crippen LogP contribution >= 0.6 is 0 Å². The van der Waals surface area contributed by atoms with E-state index in [1.54, 1.807) is 24.3 Å². The van der Waals surface area contributed by atoms with Gasteiger partial charge in [-0.25, -0.2) is 0 Å². The third kappa shape index (κ3) is 4.10. The molecule has 0 heterocycles. The molecule has 1 radical (unpaired) electrons. The smallest absolute Gasteiger partial charge is 0.142 e. The van der Waals surface area contributed by atoms with E-state index in [9.17, 15) is 8.76 Å². The number of hydrogen-bond acceptors (Lipinski definition) is 3. The van der Waals surface area contributed by atoms with Crippen molar-refractivity contribution in [2.24, 2.45) is 0 Å². The van der Waals surface area contributed by atoms with Crippen molar-refractivity contribution in [3.63, 3.8) is 0 Å². The van der Waals surface area contributed by atoms with Crippen molar-refractivity contribution in [2.45, 2.75) is 0 Å². The van der Waals surface area contributed by atoms with E-state index in [1.165, 1.54) is 7.11 Å². The maximum Gasteiger partial charge on any atom is 0.142 e. The SMILES string of the molecule is COc1ccccc1NS(=O)[O-].[Na]. The van der Waals surface area contributed by atoms with Crippen molar-refractivity contribution in [3.05, 3.63) is 24.3 Å². The zero-order valence-electron chi connectivity index (χ0n) is 7.44. The first-order chi connectivity index (χ1) is 5.74. The molecule has 1 atom stereocenters. The van der Waals surface area contributed by atoms with Crippen LogP contribution < -0.4 is 9.46 Å². The van der Waals surface area contributed by atoms with Gasteiger partial charge in [-0.3, -0.25) is 4.21 Å². The summed E-state index contributed by atoms with van der Waals surface area (Å²) < 4.78 is 27.7. The minimum atomic E-state index is -2.31. The Kier molecular flexibility index (Phi) is 6.36. The van der Waals surface area contributed by atoms with Gasteiger partial charge in [-0.15, -0.1) is 0 Å². The molecule has 1 rings (SSSR count). The molecule has 1 N–H and O–H groups in total. The third-order valence-electron chi connectivity index (χ3n) is 1.30. The molecule has 0 spiro atoms. The molecule has 6 heteroatoms. The van der Waals surface area contributed by atoms with Gasteiger partial charge >= 0.3 is 0 Å². The van der Waals surface area contributed by atoms with E-state index in [-0.39, 0.29) is 29.6 Å². The van der Waals surface area contributed by atoms with Gasteiger partial charge in [-0.05, 0) is 12.1 Å². The summed E-state index contributed by atoms with van der Waals surface area (Å²) in [6, 6.07) is 6.78. The van der Waals surface area contributed by atoms with Crippen molar-refractivity contribution in [3.8, 4) is 5.75 Å². The molecular formula is C7H8NNaO3S-. The van der Waals surface area contributed by atoms with Crippen LogP contribution in [0.1, 0.15) is 0 Å². The van der Waals surface area contributed by atoms with Crippen molar-refractivity contribution in [1.82, 2.24) is 0 Å². The fraction of sp³-hybridized carbons (Fsp3) is 0.143. The second kappa shape index (κ2) is 6.39. The van der Waals surface area contributed by atoms with Crippen LogP contribution in [0.15, 0.2) is 24.3 Å². The van der Waals surface area contributed by atoms with Crippen LogP contribution in [0.3, 0.4) is 0 Å². The minimum absolute atomic E-state index is 0. The number of ether oxygens (including phenoxy) is 1. The maximum absolute atomic E-state index is 10.3. The van der Waals surface area contributed by atoms with Crippen LogP contribution in [-0.2, 0) is 11.3 Å². The molecule has 0 aliphatic rings. The van der Waals surface area contributed by atoms with E-state index in [0.717, 1.165) is 0 Å². The number of para-hydroxylation sites is 2. The standard InChI is InChI=1S/C7H9NO3S.Na/c1-11-7-5-3-2-4-6(7)8-12(9)10;/h2-5,8H,1H3,(H,9,10);/p-1. The molecule has 0 saturated heterocycles. The second-order valence-corrected chi connectivity index (χ2v) is 2.71. The molecule has 0 aromatic heterocycles. The number of benzene rings is 1. The average molecular weight is 209 g/mol. The zero-order chi connectivity index (χ0) is 8.97. The summed E-state index contributed by atoms with van der Waals surface area (Å²) in [5.41, 5.74) is 0.438. The van der Waals surface area contributed by atoms with Gasteiger partial charge in [0.1, 0.15) is 5.75 Å². The molecule has 0 amide bonds. The van der Waals surface area contributed by atoms with Crippen molar-refractivity contribution in [1.29, 1.82) is 0 Å². The number of nitrogens with one attached hydrogen (secondary N) is 1. The summed E-state index contributed by atoms with van der Waals surface area (Å²) in [6.07, 6.45) is 0. The van der Waals surface area contributed by atoms with Crippen molar-refractivity contribution in [2.75, 3.05) is 11.8 Å². The topological polar surface area (TPSA) is 61.4 Å². The zero-order valence-corrected chi connectivity index (χ0v) is 10.3. The van der Waals surface area contributed by atoms with Gasteiger partial charge in [0.2, 0.25) is 0 Å². The Balaban J connectivity index is 0.00000144. The van der Waals surface area contributed by atoms with Crippen LogP contribution in [0.4, 0.5) is 5.69 Å². The molecule has 0 saturated carbocycles. The van der Waals surface area contributed by atoms with Gasteiger partial charge in [0, 0.05) is 40.8 Å². The summed E-state index contributed by atoms with van der Waals surface area (Å²) in [6.45, 7) is 0. The predicted molar refractivity (Wildman–Crippen MR) is 51.3 cm³/mol. The fourth-order valence-electron chi connectivity index (χ4n) is 0.819. The number of rotatable bonds is 3. The quantitative estimate of drug-likeness (QED) is 0.583. The van der Waals surface area contributed by atoms with E-state index >= 15 is 0 Å². The van der Waals surface area contributed by atoms with Gasteiger partial charge in [0.25, 0.3) is 0 Å². The van der Waals surface area contributed by atoms with Gasteiger partial charge in [0.15, 0.2) is 0 Å². The summed E-state index contributed by atoms with van der Waals surface area (Å²) in [5.74, 6) is 0.502. The Bertz CT molecular complexity index is 295. The first kappa shape index (κ1) is 12.9. The second-order valence-electron chi connectivity index (χ2n) is 2.04. The van der Waals surface area contributed by atoms with E-state index < -0.39 is 11.3 Å². The van der Waals surface area contributed by atoms with Gasteiger partial charge < -0.3 is 14.0 Å². The molecule has 0 aliphatic carbocycles. The Morgan fingerprint density at radius 3 is 2.62 bits per heavy atom. The molecule has 0 aliphatic heterocycles. The molecule has 0 bridgehead atoms. The monoisotopic (exact) mass is 209 g/mol. The molecule has 0 fully saturated rings. The summed E-state index contributed by atoms with van der Waals surface area (Å²) in [7, 11) is 1.48. The Morgan fingerprint density at radius 1 is 1.46 bits per heavy atom. The summed E-state index contributed by atoms with van der Waals surface area (Å²) in [4.78, 5) is 0. The average Bonchev–Trinajstić information content (AvgIpc) is 2.04. The maximum atomic E-state index is 10.3. The van der Waals surface area contributed by atoms with Crippen LogP contribution in [0, 0.1) is 0 Å². The molecule has 4 nitrogen and oxygen atoms in total. The third-order valence-corrected chi connectivity index (χ3v) is 1.69. The Labute approximate surface area is 101 Å². The summed E-state index contributed by atoms with van der Waals surface area (Å²) >= 11 is -2.31. The molecule has 1 aromatic carbocycles. The van der Waals surface area contributed by atoms with E-state index in [4.69, 9.17) is 4.74 Å². The van der Waals surface area contributed by atoms with Gasteiger partial charge in [-0.1, -0.05) is 12.1 Å². The van der Waals surface area contributed by atoms with Crippen LogP contribution in [0.5, 0.6) is 5.75 Å². The van der Waals surface area contributed by atoms with Gasteiger partial charge in [0.05, 0.1) is 12.8 Å². The fourth-order valence-corrected chi connectivity index (χ4v) is 1.17. The van der Waals surface area contributed by atoms with Crippen LogP contribution in [0.25, 0.3) is 0 Å². The van der Waals surface area contributed by atoms with Crippen molar-refractivity contribution >= 4 is 46.5 Å². The Hall–Kier alpha value is -0.0700. The van der Waals surface area contributed by atoms with Crippen molar-refractivity contribution < 1.29 is 13.5 Å². The normalized spacial score (nSPS) is 11.2. The number of methoxy groups -OCH3 is 1. The number of hydrogen-bond donors (Lipinski definition) is 1. The van der Waals surface area contributed by atoms with E-state index in [0.29, 0.717) is 11.4 Å². The summed E-state index contributed by atoms with van der Waals surface area (Å²) in [5, 5.41) is 0. The van der Waals surface area contributed by atoms with E-state index in [2.05, 4.69) is 4.72 Å². The van der Waals surface area contributed by atoms with Crippen LogP contribution in [-0.4, -0.2) is 45.4 Å². The minimum Gasteiger partial charge on any atom is -0.755 e. The van der Waals surface area contributed by atoms with Crippen LogP contribution in [0.2, 0.25) is 0 Å². The molecule has 67 valence electrons. The first-order valence-electron chi connectivity index (χ1n) is 3.23. The van der Waals surface area contributed by atoms with E-state index in [1.807, 2.05) is 0 Å². The molecule has 13 heavy (non-hydrogen) atoms. The Morgan fingerprint density at radius 2 is 2.08 bits per heavy atom. The molecule has 1 unspecified atom stereocenters.